The number of hydrogen-bond acceptors (Lipinski definition) is 4. The van der Waals surface area contributed by atoms with E-state index in [0.717, 1.165) is 5.56 Å². The molecule has 0 atom stereocenters. The molecule has 0 unspecified atom stereocenters. The lowest BCUT2D eigenvalue weighted by molar-refractivity contribution is -0.149. The van der Waals surface area contributed by atoms with Gasteiger partial charge in [0.2, 0.25) is 0 Å². The smallest absolute Gasteiger partial charge is 0.344 e. The van der Waals surface area contributed by atoms with Gasteiger partial charge in [0.05, 0.1) is 10.7 Å². The summed E-state index contributed by atoms with van der Waals surface area (Å²) in [6.45, 7) is 1.03. The van der Waals surface area contributed by atoms with Crippen molar-refractivity contribution in [2.45, 2.75) is 6.92 Å². The van der Waals surface area contributed by atoms with Crippen LogP contribution < -0.4 is 10.1 Å². The molecule has 0 bridgehead atoms. The van der Waals surface area contributed by atoms with Gasteiger partial charge in [0.25, 0.3) is 5.91 Å². The summed E-state index contributed by atoms with van der Waals surface area (Å²) in [5.74, 6) is -1.32. The number of ether oxygens (including phenoxy) is 2. The predicted molar refractivity (Wildman–Crippen MR) is 87.7 cm³/mol. The number of carbonyl (C=O) groups is 2. The van der Waals surface area contributed by atoms with Gasteiger partial charge in [0.1, 0.15) is 11.6 Å². The number of carbonyl (C=O) groups excluding carboxylic acids is 2. The number of aryl methyl sites for hydroxylation is 1. The third kappa shape index (κ3) is 5.55. The summed E-state index contributed by atoms with van der Waals surface area (Å²) in [5.41, 5.74) is 1.40. The molecule has 24 heavy (non-hydrogen) atoms. The molecule has 0 aromatic heterocycles. The van der Waals surface area contributed by atoms with Crippen LogP contribution in [-0.2, 0) is 14.3 Å². The molecule has 7 heteroatoms. The van der Waals surface area contributed by atoms with Crippen molar-refractivity contribution in [3.63, 3.8) is 0 Å². The average molecular weight is 352 g/mol. The molecule has 0 heterocycles. The second-order valence-electron chi connectivity index (χ2n) is 4.93. The first-order valence-electron chi connectivity index (χ1n) is 7.04. The molecule has 0 aliphatic carbocycles. The maximum atomic E-state index is 12.7. The van der Waals surface area contributed by atoms with Gasteiger partial charge in [-0.2, -0.15) is 0 Å². The standard InChI is InChI=1S/C17H15ClFNO4/c1-11-2-7-15(14(18)8-11)20-16(21)9-24-17(22)10-23-13-5-3-12(19)4-6-13/h2-8H,9-10H2,1H3,(H,20,21). The molecule has 0 saturated carbocycles. The highest BCUT2D eigenvalue weighted by molar-refractivity contribution is 6.33. The monoisotopic (exact) mass is 351 g/mol. The quantitative estimate of drug-likeness (QED) is 0.811. The molecule has 0 aliphatic heterocycles. The van der Waals surface area contributed by atoms with Gasteiger partial charge < -0.3 is 14.8 Å². The Morgan fingerprint density at radius 3 is 2.50 bits per heavy atom. The first kappa shape index (κ1) is 17.7. The van der Waals surface area contributed by atoms with Gasteiger partial charge in [-0.1, -0.05) is 17.7 Å². The van der Waals surface area contributed by atoms with Gasteiger partial charge in [-0.25, -0.2) is 9.18 Å². The molecule has 2 aromatic rings. The summed E-state index contributed by atoms with van der Waals surface area (Å²) in [5, 5.41) is 2.94. The van der Waals surface area contributed by atoms with E-state index in [1.165, 1.54) is 24.3 Å². The first-order valence-corrected chi connectivity index (χ1v) is 7.42. The Labute approximate surface area is 143 Å². The van der Waals surface area contributed by atoms with Crippen LogP contribution in [0.3, 0.4) is 0 Å². The minimum atomic E-state index is -0.718. The largest absolute Gasteiger partial charge is 0.482 e. The summed E-state index contributed by atoms with van der Waals surface area (Å²) in [6.07, 6.45) is 0. The van der Waals surface area contributed by atoms with E-state index in [1.807, 2.05) is 6.92 Å². The van der Waals surface area contributed by atoms with Crippen molar-refractivity contribution in [1.82, 2.24) is 0 Å². The number of nitrogens with one attached hydrogen (secondary N) is 1. The second kappa shape index (κ2) is 8.31. The third-order valence-corrected chi connectivity index (χ3v) is 3.25. The summed E-state index contributed by atoms with van der Waals surface area (Å²) in [6, 6.07) is 10.3. The number of anilines is 1. The number of hydrogen-bond donors (Lipinski definition) is 1. The molecule has 5 nitrogen and oxygen atoms in total. The number of esters is 1. The maximum Gasteiger partial charge on any atom is 0.344 e. The molecular formula is C17H15ClFNO4. The Balaban J connectivity index is 1.74. The molecule has 1 amide bonds. The van der Waals surface area contributed by atoms with Crippen LogP contribution in [0, 0.1) is 12.7 Å². The fourth-order valence-electron chi connectivity index (χ4n) is 1.77. The van der Waals surface area contributed by atoms with Crippen LogP contribution in [0.15, 0.2) is 42.5 Å². The van der Waals surface area contributed by atoms with E-state index in [9.17, 15) is 14.0 Å². The lowest BCUT2D eigenvalue weighted by atomic mass is 10.2. The molecule has 0 saturated heterocycles. The Hall–Kier alpha value is -2.60. The molecule has 1 N–H and O–H groups in total. The van der Waals surface area contributed by atoms with Crippen LogP contribution in [0.5, 0.6) is 5.75 Å². The molecule has 2 rings (SSSR count). The molecular weight excluding hydrogens is 337 g/mol. The van der Waals surface area contributed by atoms with Crippen molar-refractivity contribution >= 4 is 29.2 Å². The Morgan fingerprint density at radius 2 is 1.83 bits per heavy atom. The number of rotatable bonds is 6. The predicted octanol–water partition coefficient (Wildman–Crippen LogP) is 3.35. The summed E-state index contributed by atoms with van der Waals surface area (Å²) >= 11 is 6.00. The zero-order valence-corrected chi connectivity index (χ0v) is 13.6. The highest BCUT2D eigenvalue weighted by Gasteiger charge is 2.10. The normalized spacial score (nSPS) is 10.1. The molecule has 0 fully saturated rings. The highest BCUT2D eigenvalue weighted by Crippen LogP contribution is 2.22. The van der Waals surface area contributed by atoms with Crippen molar-refractivity contribution in [2.24, 2.45) is 0 Å². The SMILES string of the molecule is Cc1ccc(NC(=O)COC(=O)COc2ccc(F)cc2)c(Cl)c1. The van der Waals surface area contributed by atoms with Crippen LogP contribution in [0.25, 0.3) is 0 Å². The van der Waals surface area contributed by atoms with Gasteiger partial charge in [-0.05, 0) is 48.9 Å². The lowest BCUT2D eigenvalue weighted by Gasteiger charge is -2.09. The van der Waals surface area contributed by atoms with Gasteiger partial charge in [-0.15, -0.1) is 0 Å². The molecule has 0 spiro atoms. The summed E-state index contributed by atoms with van der Waals surface area (Å²) in [7, 11) is 0. The van der Waals surface area contributed by atoms with E-state index < -0.39 is 24.3 Å². The fraction of sp³-hybridized carbons (Fsp3) is 0.176. The van der Waals surface area contributed by atoms with Gasteiger partial charge >= 0.3 is 5.97 Å². The van der Waals surface area contributed by atoms with Crippen molar-refractivity contribution in [3.8, 4) is 5.75 Å². The van der Waals surface area contributed by atoms with E-state index >= 15 is 0 Å². The maximum absolute atomic E-state index is 12.7. The summed E-state index contributed by atoms with van der Waals surface area (Å²) in [4.78, 5) is 23.3. The van der Waals surface area contributed by atoms with Crippen molar-refractivity contribution in [1.29, 1.82) is 0 Å². The second-order valence-corrected chi connectivity index (χ2v) is 5.34. The van der Waals surface area contributed by atoms with E-state index in [4.69, 9.17) is 21.1 Å². The fourth-order valence-corrected chi connectivity index (χ4v) is 2.05. The van der Waals surface area contributed by atoms with Crippen molar-refractivity contribution in [2.75, 3.05) is 18.5 Å². The van der Waals surface area contributed by atoms with Crippen molar-refractivity contribution in [3.05, 3.63) is 58.9 Å². The third-order valence-electron chi connectivity index (χ3n) is 2.93. The van der Waals surface area contributed by atoms with E-state index in [0.29, 0.717) is 16.5 Å². The van der Waals surface area contributed by atoms with E-state index in [2.05, 4.69) is 5.32 Å². The van der Waals surface area contributed by atoms with E-state index in [1.54, 1.807) is 18.2 Å². The average Bonchev–Trinajstić information content (AvgIpc) is 2.55. The summed E-state index contributed by atoms with van der Waals surface area (Å²) < 4.78 is 22.6. The first-order chi connectivity index (χ1) is 11.4. The van der Waals surface area contributed by atoms with Gasteiger partial charge in [-0.3, -0.25) is 4.79 Å². The van der Waals surface area contributed by atoms with Crippen LogP contribution >= 0.6 is 11.6 Å². The molecule has 0 aliphatic rings. The minimum Gasteiger partial charge on any atom is -0.482 e. The van der Waals surface area contributed by atoms with Crippen LogP contribution in [0.1, 0.15) is 5.56 Å². The number of benzene rings is 2. The van der Waals surface area contributed by atoms with Crippen LogP contribution in [0.2, 0.25) is 5.02 Å². The van der Waals surface area contributed by atoms with Crippen molar-refractivity contribution < 1.29 is 23.5 Å². The van der Waals surface area contributed by atoms with Gasteiger partial charge in [0.15, 0.2) is 13.2 Å². The minimum absolute atomic E-state index is 0.323. The van der Waals surface area contributed by atoms with Crippen LogP contribution in [0.4, 0.5) is 10.1 Å². The Kier molecular flexibility index (Phi) is 6.14. The topological polar surface area (TPSA) is 64.6 Å². The number of amides is 1. The number of halogens is 2. The zero-order chi connectivity index (χ0) is 17.5. The van der Waals surface area contributed by atoms with Crippen LogP contribution in [-0.4, -0.2) is 25.1 Å². The molecule has 0 radical (unpaired) electrons. The molecule has 2 aromatic carbocycles. The highest BCUT2D eigenvalue weighted by atomic mass is 35.5. The molecule has 126 valence electrons. The van der Waals surface area contributed by atoms with E-state index in [-0.39, 0.29) is 6.61 Å². The zero-order valence-electron chi connectivity index (χ0n) is 12.8. The van der Waals surface area contributed by atoms with Gasteiger partial charge in [0, 0.05) is 0 Å². The lowest BCUT2D eigenvalue weighted by Crippen LogP contribution is -2.23. The Bertz CT molecular complexity index is 734. The Morgan fingerprint density at radius 1 is 1.12 bits per heavy atom.